The summed E-state index contributed by atoms with van der Waals surface area (Å²) in [5, 5.41) is 3.55. The molecule has 8 heteroatoms. The number of rotatable bonds is 5. The Morgan fingerprint density at radius 1 is 1.35 bits per heavy atom. The molecule has 6 nitrogen and oxygen atoms in total. The molecule has 0 atom stereocenters. The van der Waals surface area contributed by atoms with Crippen molar-refractivity contribution < 1.29 is 19.1 Å². The molecule has 1 amide bonds. The summed E-state index contributed by atoms with van der Waals surface area (Å²) in [6.45, 7) is 3.35. The minimum absolute atomic E-state index is 0.173. The van der Waals surface area contributed by atoms with Crippen molar-refractivity contribution in [2.45, 2.75) is 13.8 Å². The topological polar surface area (TPSA) is 77.5 Å². The van der Waals surface area contributed by atoms with E-state index in [2.05, 4.69) is 15.0 Å². The lowest BCUT2D eigenvalue weighted by Gasteiger charge is -2.07. The van der Waals surface area contributed by atoms with Crippen LogP contribution in [0.15, 0.2) is 18.2 Å². The number of halogens is 1. The third kappa shape index (κ3) is 4.43. The van der Waals surface area contributed by atoms with E-state index in [0.29, 0.717) is 26.5 Å². The van der Waals surface area contributed by atoms with Crippen LogP contribution in [-0.4, -0.2) is 30.6 Å². The lowest BCUT2D eigenvalue weighted by molar-refractivity contribution is -0.118. The number of hydrogen-bond donors (Lipinski definition) is 1. The number of aryl methyl sites for hydroxylation is 2. The molecular formula is C15H15ClN2O4S. The summed E-state index contributed by atoms with van der Waals surface area (Å²) in [4.78, 5) is 27.9. The molecule has 0 unspecified atom stereocenters. The van der Waals surface area contributed by atoms with Crippen LogP contribution in [0.1, 0.15) is 20.9 Å². The van der Waals surface area contributed by atoms with Gasteiger partial charge in [-0.2, -0.15) is 0 Å². The molecule has 0 bridgehead atoms. The Balaban J connectivity index is 1.94. The van der Waals surface area contributed by atoms with Crippen LogP contribution in [0.5, 0.6) is 5.75 Å². The Morgan fingerprint density at radius 2 is 2.09 bits per heavy atom. The molecule has 0 spiro atoms. The number of esters is 1. The van der Waals surface area contributed by atoms with Crippen molar-refractivity contribution in [2.75, 3.05) is 19.0 Å². The normalized spacial score (nSPS) is 10.3. The van der Waals surface area contributed by atoms with Crippen molar-refractivity contribution in [2.24, 2.45) is 0 Å². The van der Waals surface area contributed by atoms with Crippen LogP contribution >= 0.6 is 22.9 Å². The van der Waals surface area contributed by atoms with Crippen molar-refractivity contribution in [3.63, 3.8) is 0 Å². The van der Waals surface area contributed by atoms with Gasteiger partial charge in [-0.3, -0.25) is 10.1 Å². The third-order valence-electron chi connectivity index (χ3n) is 2.91. The first kappa shape index (κ1) is 17.2. The Morgan fingerprint density at radius 3 is 2.74 bits per heavy atom. The summed E-state index contributed by atoms with van der Waals surface area (Å²) in [6, 6.07) is 5.14. The molecule has 0 aliphatic carbocycles. The van der Waals surface area contributed by atoms with E-state index in [0.717, 1.165) is 16.9 Å². The van der Waals surface area contributed by atoms with Gasteiger partial charge in [-0.1, -0.05) is 22.9 Å². The average Bonchev–Trinajstić information content (AvgIpc) is 2.88. The van der Waals surface area contributed by atoms with E-state index < -0.39 is 5.97 Å². The van der Waals surface area contributed by atoms with Gasteiger partial charge in [0.2, 0.25) is 0 Å². The molecule has 1 heterocycles. The van der Waals surface area contributed by atoms with Gasteiger partial charge in [0, 0.05) is 5.02 Å². The summed E-state index contributed by atoms with van der Waals surface area (Å²) in [7, 11) is 1.29. The van der Waals surface area contributed by atoms with E-state index in [1.807, 2.05) is 6.92 Å². The number of anilines is 1. The standard InChI is InChI=1S/C15H15ClN2O4S/c1-8-6-10(4-5-11(8)16)22-7-12(19)18-15-17-9(2)13(23-15)14(20)21-3/h4-6H,7H2,1-3H3,(H,17,18,19). The molecule has 1 aromatic carbocycles. The Labute approximate surface area is 142 Å². The maximum absolute atomic E-state index is 11.9. The first-order valence-electron chi connectivity index (χ1n) is 6.65. The summed E-state index contributed by atoms with van der Waals surface area (Å²) < 4.78 is 10.0. The zero-order chi connectivity index (χ0) is 17.0. The van der Waals surface area contributed by atoms with E-state index in [4.69, 9.17) is 16.3 Å². The number of methoxy groups -OCH3 is 1. The van der Waals surface area contributed by atoms with E-state index in [9.17, 15) is 9.59 Å². The first-order valence-corrected chi connectivity index (χ1v) is 7.84. The predicted molar refractivity (Wildman–Crippen MR) is 88.5 cm³/mol. The van der Waals surface area contributed by atoms with Crippen molar-refractivity contribution in [3.8, 4) is 5.75 Å². The van der Waals surface area contributed by atoms with Crippen LogP contribution in [0.2, 0.25) is 5.02 Å². The van der Waals surface area contributed by atoms with Gasteiger partial charge in [-0.15, -0.1) is 0 Å². The minimum Gasteiger partial charge on any atom is -0.484 e. The molecule has 2 aromatic rings. The van der Waals surface area contributed by atoms with Crippen molar-refractivity contribution >= 4 is 39.9 Å². The van der Waals surface area contributed by atoms with E-state index in [-0.39, 0.29) is 12.5 Å². The van der Waals surface area contributed by atoms with Crippen LogP contribution in [-0.2, 0) is 9.53 Å². The highest BCUT2D eigenvalue weighted by Gasteiger charge is 2.17. The number of amides is 1. The van der Waals surface area contributed by atoms with Crippen LogP contribution in [0.3, 0.4) is 0 Å². The van der Waals surface area contributed by atoms with E-state index in [1.54, 1.807) is 25.1 Å². The summed E-state index contributed by atoms with van der Waals surface area (Å²) in [5.74, 6) is -0.302. The van der Waals surface area contributed by atoms with E-state index >= 15 is 0 Å². The molecule has 0 aliphatic heterocycles. The number of hydrogen-bond acceptors (Lipinski definition) is 6. The fourth-order valence-electron chi connectivity index (χ4n) is 1.74. The number of ether oxygens (including phenoxy) is 2. The molecule has 0 radical (unpaired) electrons. The molecule has 122 valence electrons. The Bertz CT molecular complexity index is 745. The SMILES string of the molecule is COC(=O)c1sc(NC(=O)COc2ccc(Cl)c(C)c2)nc1C. The lowest BCUT2D eigenvalue weighted by Crippen LogP contribution is -2.20. The highest BCUT2D eigenvalue weighted by Crippen LogP contribution is 2.23. The Kier molecular flexibility index (Phi) is 5.57. The van der Waals surface area contributed by atoms with Crippen LogP contribution in [0.4, 0.5) is 5.13 Å². The number of nitrogens with zero attached hydrogens (tertiary/aromatic N) is 1. The molecule has 0 fully saturated rings. The number of thiazole rings is 1. The highest BCUT2D eigenvalue weighted by atomic mass is 35.5. The molecule has 0 saturated heterocycles. The van der Waals surface area contributed by atoms with Gasteiger partial charge in [0.1, 0.15) is 10.6 Å². The van der Waals surface area contributed by atoms with Gasteiger partial charge in [0.05, 0.1) is 12.8 Å². The monoisotopic (exact) mass is 354 g/mol. The predicted octanol–water partition coefficient (Wildman–Crippen LogP) is 3.22. The van der Waals surface area contributed by atoms with Gasteiger partial charge < -0.3 is 9.47 Å². The average molecular weight is 355 g/mol. The van der Waals surface area contributed by atoms with Crippen LogP contribution in [0.25, 0.3) is 0 Å². The first-order chi connectivity index (χ1) is 10.9. The van der Waals surface area contributed by atoms with Crippen LogP contribution < -0.4 is 10.1 Å². The molecule has 1 aromatic heterocycles. The number of carbonyl (C=O) groups excluding carboxylic acids is 2. The minimum atomic E-state index is -0.478. The maximum Gasteiger partial charge on any atom is 0.350 e. The zero-order valence-corrected chi connectivity index (χ0v) is 14.4. The molecular weight excluding hydrogens is 340 g/mol. The highest BCUT2D eigenvalue weighted by molar-refractivity contribution is 7.17. The second-order valence-electron chi connectivity index (χ2n) is 4.67. The van der Waals surface area contributed by atoms with Gasteiger partial charge in [-0.05, 0) is 37.6 Å². The third-order valence-corrected chi connectivity index (χ3v) is 4.39. The van der Waals surface area contributed by atoms with Gasteiger partial charge in [0.15, 0.2) is 11.7 Å². The lowest BCUT2D eigenvalue weighted by atomic mass is 10.2. The molecule has 0 aliphatic rings. The molecule has 0 saturated carbocycles. The fourth-order valence-corrected chi connectivity index (χ4v) is 2.76. The van der Waals surface area contributed by atoms with E-state index in [1.165, 1.54) is 7.11 Å². The molecule has 2 rings (SSSR count). The van der Waals surface area contributed by atoms with Crippen molar-refractivity contribution in [1.29, 1.82) is 0 Å². The van der Waals surface area contributed by atoms with Gasteiger partial charge >= 0.3 is 5.97 Å². The largest absolute Gasteiger partial charge is 0.484 e. The molecule has 1 N–H and O–H groups in total. The second-order valence-corrected chi connectivity index (χ2v) is 6.08. The number of carbonyl (C=O) groups is 2. The van der Waals surface area contributed by atoms with Crippen molar-refractivity contribution in [1.82, 2.24) is 4.98 Å². The summed E-state index contributed by atoms with van der Waals surface area (Å²) in [6.07, 6.45) is 0. The second kappa shape index (κ2) is 7.43. The zero-order valence-electron chi connectivity index (χ0n) is 12.8. The fraction of sp³-hybridized carbons (Fsp3) is 0.267. The van der Waals surface area contributed by atoms with Gasteiger partial charge in [-0.25, -0.2) is 9.78 Å². The quantitative estimate of drug-likeness (QED) is 0.834. The number of nitrogens with one attached hydrogen (secondary N) is 1. The van der Waals surface area contributed by atoms with Crippen LogP contribution in [0, 0.1) is 13.8 Å². The smallest absolute Gasteiger partial charge is 0.350 e. The summed E-state index contributed by atoms with van der Waals surface area (Å²) in [5.41, 5.74) is 1.37. The maximum atomic E-state index is 11.9. The number of aromatic nitrogens is 1. The number of benzene rings is 1. The summed E-state index contributed by atoms with van der Waals surface area (Å²) >= 11 is 6.98. The molecule has 23 heavy (non-hydrogen) atoms. The van der Waals surface area contributed by atoms with Crippen molar-refractivity contribution in [3.05, 3.63) is 39.4 Å². The van der Waals surface area contributed by atoms with Gasteiger partial charge in [0.25, 0.3) is 5.91 Å². The Hall–Kier alpha value is -2.12.